The average molecular weight is 380 g/mol. The summed E-state index contributed by atoms with van der Waals surface area (Å²) in [4.78, 5) is 33.9. The highest BCUT2D eigenvalue weighted by Crippen LogP contribution is 2.28. The molecule has 1 amide bonds. The van der Waals surface area contributed by atoms with Gasteiger partial charge >= 0.3 is 0 Å². The third-order valence-corrected chi connectivity index (χ3v) is 6.92. The first-order valence-corrected chi connectivity index (χ1v) is 10.7. The Balaban J connectivity index is 1.83. The summed E-state index contributed by atoms with van der Waals surface area (Å²) in [7, 11) is 0. The molecule has 7 heteroatoms. The molecule has 136 valence electrons. The molecule has 0 unspecified atom stereocenters. The van der Waals surface area contributed by atoms with E-state index in [-0.39, 0.29) is 11.5 Å². The largest absolute Gasteiger partial charge is 0.342 e. The smallest absolute Gasteiger partial charge is 0.263 e. The van der Waals surface area contributed by atoms with Gasteiger partial charge in [-0.05, 0) is 39.2 Å². The van der Waals surface area contributed by atoms with Crippen molar-refractivity contribution in [3.8, 4) is 0 Å². The third kappa shape index (κ3) is 3.77. The van der Waals surface area contributed by atoms with Crippen molar-refractivity contribution in [1.29, 1.82) is 0 Å². The molecule has 2 aromatic rings. The van der Waals surface area contributed by atoms with Gasteiger partial charge in [0.05, 0.1) is 11.1 Å². The predicted octanol–water partition coefficient (Wildman–Crippen LogP) is 3.59. The molecular weight excluding hydrogens is 354 g/mol. The topological polar surface area (TPSA) is 55.2 Å². The minimum Gasteiger partial charge on any atom is -0.342 e. The lowest BCUT2D eigenvalue weighted by Crippen LogP contribution is -2.33. The zero-order chi connectivity index (χ0) is 18.0. The van der Waals surface area contributed by atoms with Crippen LogP contribution in [0.3, 0.4) is 0 Å². The van der Waals surface area contributed by atoms with Gasteiger partial charge in [-0.15, -0.1) is 11.3 Å². The zero-order valence-corrected chi connectivity index (χ0v) is 16.8. The van der Waals surface area contributed by atoms with Crippen LogP contribution < -0.4 is 5.56 Å². The molecule has 1 aliphatic heterocycles. The number of hydrogen-bond donors (Lipinski definition) is 0. The van der Waals surface area contributed by atoms with Crippen molar-refractivity contribution in [3.63, 3.8) is 0 Å². The van der Waals surface area contributed by atoms with Gasteiger partial charge in [0.1, 0.15) is 4.83 Å². The van der Waals surface area contributed by atoms with E-state index in [9.17, 15) is 9.59 Å². The summed E-state index contributed by atoms with van der Waals surface area (Å²) in [5.41, 5.74) is 1.04. The Labute approximate surface area is 156 Å². The van der Waals surface area contributed by atoms with Crippen LogP contribution in [0.1, 0.15) is 43.0 Å². The van der Waals surface area contributed by atoms with Crippen LogP contribution in [0.25, 0.3) is 10.2 Å². The predicted molar refractivity (Wildman–Crippen MR) is 105 cm³/mol. The number of thioether (sulfide) groups is 1. The maximum atomic E-state index is 12.8. The second-order valence-corrected chi connectivity index (χ2v) is 8.64. The van der Waals surface area contributed by atoms with Crippen molar-refractivity contribution < 1.29 is 4.79 Å². The van der Waals surface area contributed by atoms with Crippen LogP contribution >= 0.6 is 23.1 Å². The molecule has 2 aromatic heterocycles. The lowest BCUT2D eigenvalue weighted by atomic mass is 10.2. The molecule has 0 N–H and O–H groups in total. The number of nitrogens with zero attached hydrogens (tertiary/aromatic N) is 3. The lowest BCUT2D eigenvalue weighted by Gasteiger charge is -2.20. The first kappa shape index (κ1) is 18.5. The van der Waals surface area contributed by atoms with Gasteiger partial charge in [-0.3, -0.25) is 14.2 Å². The second kappa shape index (κ2) is 7.91. The summed E-state index contributed by atoms with van der Waals surface area (Å²) in [6.07, 6.45) is 4.60. The Morgan fingerprint density at radius 2 is 1.88 bits per heavy atom. The quantitative estimate of drug-likeness (QED) is 0.602. The molecule has 0 bridgehead atoms. The van der Waals surface area contributed by atoms with E-state index in [0.29, 0.717) is 17.5 Å². The van der Waals surface area contributed by atoms with Gasteiger partial charge in [-0.25, -0.2) is 4.98 Å². The lowest BCUT2D eigenvalue weighted by molar-refractivity contribution is -0.128. The molecule has 0 atom stereocenters. The zero-order valence-electron chi connectivity index (χ0n) is 15.1. The summed E-state index contributed by atoms with van der Waals surface area (Å²) in [5.74, 6) is 0.504. The van der Waals surface area contributed by atoms with Gasteiger partial charge in [0.15, 0.2) is 5.16 Å². The summed E-state index contributed by atoms with van der Waals surface area (Å²) in [6, 6.07) is 0. The molecule has 0 spiro atoms. The average Bonchev–Trinajstić information content (AvgIpc) is 2.79. The number of amides is 1. The van der Waals surface area contributed by atoms with Crippen LogP contribution in [0.2, 0.25) is 0 Å². The molecule has 1 saturated heterocycles. The number of thiophene rings is 1. The van der Waals surface area contributed by atoms with Gasteiger partial charge in [-0.1, -0.05) is 24.6 Å². The molecule has 1 fully saturated rings. The van der Waals surface area contributed by atoms with E-state index < -0.39 is 0 Å². The minimum absolute atomic E-state index is 0.0130. The van der Waals surface area contributed by atoms with Gasteiger partial charge in [0.25, 0.3) is 5.56 Å². The Hall–Kier alpha value is -1.34. The fourth-order valence-electron chi connectivity index (χ4n) is 3.24. The van der Waals surface area contributed by atoms with Crippen molar-refractivity contribution in [2.75, 3.05) is 18.8 Å². The van der Waals surface area contributed by atoms with E-state index in [1.165, 1.54) is 24.6 Å². The van der Waals surface area contributed by atoms with Crippen molar-refractivity contribution in [3.05, 3.63) is 20.8 Å². The van der Waals surface area contributed by atoms with Gasteiger partial charge < -0.3 is 4.90 Å². The van der Waals surface area contributed by atoms with Gasteiger partial charge in [0.2, 0.25) is 5.91 Å². The van der Waals surface area contributed by atoms with E-state index in [1.807, 2.05) is 25.7 Å². The standard InChI is InChI=1S/C18H25N3O2S2/c1-4-21-17(23)15-12(2)13(3)25-16(15)19-18(21)24-11-14(22)20-9-7-5-6-8-10-20/h4-11H2,1-3H3. The number of likely N-dealkylation sites (tertiary alicyclic amines) is 1. The first-order chi connectivity index (χ1) is 12.0. The van der Waals surface area contributed by atoms with E-state index in [0.717, 1.165) is 46.6 Å². The number of aromatic nitrogens is 2. The summed E-state index contributed by atoms with van der Waals surface area (Å²) >= 11 is 2.95. The molecule has 3 rings (SSSR count). The van der Waals surface area contributed by atoms with E-state index in [2.05, 4.69) is 0 Å². The van der Waals surface area contributed by atoms with Crippen molar-refractivity contribution in [1.82, 2.24) is 14.5 Å². The molecule has 3 heterocycles. The molecule has 5 nitrogen and oxygen atoms in total. The van der Waals surface area contributed by atoms with Crippen LogP contribution in [0.4, 0.5) is 0 Å². The Morgan fingerprint density at radius 3 is 2.52 bits per heavy atom. The highest BCUT2D eigenvalue weighted by atomic mass is 32.2. The summed E-state index contributed by atoms with van der Waals surface area (Å²) < 4.78 is 1.70. The van der Waals surface area contributed by atoms with Crippen LogP contribution in [0, 0.1) is 13.8 Å². The van der Waals surface area contributed by atoms with Crippen LogP contribution in [0.15, 0.2) is 9.95 Å². The second-order valence-electron chi connectivity index (χ2n) is 6.49. The Bertz CT molecular complexity index is 833. The molecule has 25 heavy (non-hydrogen) atoms. The number of aryl methyl sites for hydroxylation is 2. The van der Waals surface area contributed by atoms with Crippen molar-refractivity contribution in [2.24, 2.45) is 0 Å². The van der Waals surface area contributed by atoms with E-state index in [4.69, 9.17) is 4.98 Å². The summed E-state index contributed by atoms with van der Waals surface area (Å²) in [6.45, 7) is 8.23. The fraction of sp³-hybridized carbons (Fsp3) is 0.611. The first-order valence-electron chi connectivity index (χ1n) is 8.94. The van der Waals surface area contributed by atoms with Gasteiger partial charge in [0, 0.05) is 24.5 Å². The monoisotopic (exact) mass is 379 g/mol. The van der Waals surface area contributed by atoms with Crippen molar-refractivity contribution >= 4 is 39.2 Å². The molecule has 0 aliphatic carbocycles. The Morgan fingerprint density at radius 1 is 1.20 bits per heavy atom. The number of hydrogen-bond acceptors (Lipinski definition) is 5. The number of fused-ring (bicyclic) bond motifs is 1. The molecular formula is C18H25N3O2S2. The maximum Gasteiger partial charge on any atom is 0.263 e. The van der Waals surface area contributed by atoms with Crippen LogP contribution in [-0.4, -0.2) is 39.2 Å². The van der Waals surface area contributed by atoms with Crippen LogP contribution in [0.5, 0.6) is 0 Å². The normalized spacial score (nSPS) is 15.6. The van der Waals surface area contributed by atoms with Gasteiger partial charge in [-0.2, -0.15) is 0 Å². The number of rotatable bonds is 4. The van der Waals surface area contributed by atoms with E-state index in [1.54, 1.807) is 15.9 Å². The number of carbonyl (C=O) groups is 1. The molecule has 0 saturated carbocycles. The highest BCUT2D eigenvalue weighted by molar-refractivity contribution is 7.99. The SMILES string of the molecule is CCn1c(SCC(=O)N2CCCCCC2)nc2sc(C)c(C)c2c1=O. The molecule has 0 aromatic carbocycles. The van der Waals surface area contributed by atoms with Crippen molar-refractivity contribution in [2.45, 2.75) is 58.2 Å². The highest BCUT2D eigenvalue weighted by Gasteiger charge is 2.19. The summed E-state index contributed by atoms with van der Waals surface area (Å²) in [5, 5.41) is 1.39. The maximum absolute atomic E-state index is 12.8. The molecule has 0 radical (unpaired) electrons. The molecule has 1 aliphatic rings. The fourth-order valence-corrected chi connectivity index (χ4v) is 5.27. The third-order valence-electron chi connectivity index (χ3n) is 4.85. The van der Waals surface area contributed by atoms with Crippen LogP contribution in [-0.2, 0) is 11.3 Å². The minimum atomic E-state index is 0.0130. The van der Waals surface area contributed by atoms with E-state index >= 15 is 0 Å². The number of carbonyl (C=O) groups excluding carboxylic acids is 1. The Kier molecular flexibility index (Phi) is 5.84.